The lowest BCUT2D eigenvalue weighted by Crippen LogP contribution is -2.34. The van der Waals surface area contributed by atoms with Crippen LogP contribution in [0.2, 0.25) is 0 Å². The molecule has 30 heavy (non-hydrogen) atoms. The molecule has 9 heteroatoms. The number of rotatable bonds is 8. The minimum atomic E-state index is -0.451. The molecule has 0 aromatic heterocycles. The summed E-state index contributed by atoms with van der Waals surface area (Å²) in [5.41, 5.74) is 2.42. The molecule has 0 N–H and O–H groups in total. The number of benzene rings is 2. The molecular formula is C21H23N3O5S. The van der Waals surface area contributed by atoms with E-state index in [1.807, 2.05) is 32.0 Å². The van der Waals surface area contributed by atoms with Crippen molar-refractivity contribution in [3.63, 3.8) is 0 Å². The van der Waals surface area contributed by atoms with E-state index in [1.54, 1.807) is 19.2 Å². The summed E-state index contributed by atoms with van der Waals surface area (Å²) >= 11 is 1.23. The second-order valence-electron chi connectivity index (χ2n) is 6.55. The van der Waals surface area contributed by atoms with Gasteiger partial charge in [0.05, 0.1) is 36.1 Å². The van der Waals surface area contributed by atoms with Gasteiger partial charge in [0.15, 0.2) is 11.5 Å². The number of nitro benzene ring substituents is 1. The number of carbonyl (C=O) groups excluding carboxylic acids is 1. The molecule has 2 aromatic rings. The van der Waals surface area contributed by atoms with Gasteiger partial charge in [0.2, 0.25) is 0 Å². The maximum Gasteiger partial charge on any atom is 0.302 e. The molecule has 158 valence electrons. The molecule has 0 bridgehead atoms. The van der Waals surface area contributed by atoms with Crippen LogP contribution < -0.4 is 9.47 Å². The van der Waals surface area contributed by atoms with E-state index in [0.29, 0.717) is 18.1 Å². The zero-order valence-electron chi connectivity index (χ0n) is 17.0. The summed E-state index contributed by atoms with van der Waals surface area (Å²) < 4.78 is 11.0. The summed E-state index contributed by atoms with van der Waals surface area (Å²) in [4.78, 5) is 23.0. The van der Waals surface area contributed by atoms with Gasteiger partial charge in [-0.3, -0.25) is 14.9 Å². The van der Waals surface area contributed by atoms with Gasteiger partial charge in [0, 0.05) is 17.7 Å². The van der Waals surface area contributed by atoms with Gasteiger partial charge in [0.1, 0.15) is 0 Å². The Bertz CT molecular complexity index is 962. The van der Waals surface area contributed by atoms with Gasteiger partial charge in [-0.2, -0.15) is 5.10 Å². The smallest absolute Gasteiger partial charge is 0.302 e. The van der Waals surface area contributed by atoms with Crippen LogP contribution in [0.5, 0.6) is 11.5 Å². The number of amides is 1. The van der Waals surface area contributed by atoms with Crippen molar-refractivity contribution in [3.05, 3.63) is 63.7 Å². The first kappa shape index (κ1) is 21.6. The largest absolute Gasteiger partial charge is 0.493 e. The molecule has 1 aliphatic rings. The third kappa shape index (κ3) is 4.73. The van der Waals surface area contributed by atoms with Crippen LogP contribution in [0, 0.1) is 10.1 Å². The van der Waals surface area contributed by atoms with Gasteiger partial charge in [-0.1, -0.05) is 30.8 Å². The standard InChI is InChI=1S/C21H23N3O5S/c1-4-19-20(15-8-11-17(28-3)18(12-15)29-5-2)22-23(21(25)30-19)13-14-6-9-16(10-7-14)24(26)27/h6-12,19H,4-5,13H2,1-3H3. The fraction of sp³-hybridized carbons (Fsp3) is 0.333. The van der Waals surface area contributed by atoms with Crippen molar-refractivity contribution >= 4 is 28.4 Å². The van der Waals surface area contributed by atoms with E-state index in [1.165, 1.54) is 28.9 Å². The minimum absolute atomic E-state index is 0.00928. The van der Waals surface area contributed by atoms with Crippen molar-refractivity contribution < 1.29 is 19.2 Å². The van der Waals surface area contributed by atoms with Crippen LogP contribution in [0.4, 0.5) is 10.5 Å². The molecule has 0 saturated heterocycles. The Hall–Kier alpha value is -3.07. The van der Waals surface area contributed by atoms with E-state index in [-0.39, 0.29) is 22.7 Å². The van der Waals surface area contributed by atoms with Gasteiger partial charge in [-0.25, -0.2) is 5.01 Å². The topological polar surface area (TPSA) is 94.3 Å². The Kier molecular flexibility index (Phi) is 6.94. The van der Waals surface area contributed by atoms with E-state index in [2.05, 4.69) is 5.10 Å². The number of non-ortho nitro benzene ring substituents is 1. The molecule has 1 unspecified atom stereocenters. The van der Waals surface area contributed by atoms with Crippen molar-refractivity contribution in [3.8, 4) is 11.5 Å². The molecular weight excluding hydrogens is 406 g/mol. The molecule has 1 atom stereocenters. The first-order chi connectivity index (χ1) is 14.5. The second-order valence-corrected chi connectivity index (χ2v) is 7.70. The lowest BCUT2D eigenvalue weighted by molar-refractivity contribution is -0.384. The van der Waals surface area contributed by atoms with E-state index in [0.717, 1.165) is 23.3 Å². The van der Waals surface area contributed by atoms with Gasteiger partial charge in [0.25, 0.3) is 5.69 Å². The van der Waals surface area contributed by atoms with Crippen LogP contribution in [0.15, 0.2) is 47.6 Å². The molecule has 8 nitrogen and oxygen atoms in total. The molecule has 1 amide bonds. The van der Waals surface area contributed by atoms with Crippen molar-refractivity contribution in [1.29, 1.82) is 0 Å². The summed E-state index contributed by atoms with van der Waals surface area (Å²) in [6.45, 7) is 4.65. The molecule has 2 aromatic carbocycles. The fourth-order valence-electron chi connectivity index (χ4n) is 3.09. The number of hydrazone groups is 1. The minimum Gasteiger partial charge on any atom is -0.493 e. The zero-order valence-corrected chi connectivity index (χ0v) is 17.8. The Morgan fingerprint density at radius 2 is 1.90 bits per heavy atom. The van der Waals surface area contributed by atoms with E-state index >= 15 is 0 Å². The Balaban J connectivity index is 1.92. The third-order valence-electron chi connectivity index (χ3n) is 4.60. The molecule has 1 aliphatic heterocycles. The molecule has 0 radical (unpaired) electrons. The van der Waals surface area contributed by atoms with Crippen LogP contribution in [0.25, 0.3) is 0 Å². The maximum absolute atomic E-state index is 12.6. The van der Waals surface area contributed by atoms with Crippen molar-refractivity contribution in [2.75, 3.05) is 13.7 Å². The number of carbonyl (C=O) groups is 1. The van der Waals surface area contributed by atoms with Crippen LogP contribution in [0.1, 0.15) is 31.4 Å². The number of hydrogen-bond acceptors (Lipinski definition) is 7. The predicted octanol–water partition coefficient (Wildman–Crippen LogP) is 4.85. The van der Waals surface area contributed by atoms with E-state index in [9.17, 15) is 14.9 Å². The Morgan fingerprint density at radius 3 is 2.50 bits per heavy atom. The third-order valence-corrected chi connectivity index (χ3v) is 5.85. The quantitative estimate of drug-likeness (QED) is 0.440. The highest BCUT2D eigenvalue weighted by molar-refractivity contribution is 8.14. The average Bonchev–Trinajstić information content (AvgIpc) is 2.75. The van der Waals surface area contributed by atoms with Crippen molar-refractivity contribution in [1.82, 2.24) is 5.01 Å². The van der Waals surface area contributed by atoms with Crippen molar-refractivity contribution in [2.24, 2.45) is 5.10 Å². The van der Waals surface area contributed by atoms with Gasteiger partial charge in [-0.15, -0.1) is 0 Å². The lowest BCUT2D eigenvalue weighted by Gasteiger charge is -2.28. The van der Waals surface area contributed by atoms with Gasteiger partial charge < -0.3 is 9.47 Å². The number of thioether (sulfide) groups is 1. The molecule has 3 rings (SSSR count). The number of nitro groups is 1. The highest BCUT2D eigenvalue weighted by Crippen LogP contribution is 2.34. The molecule has 0 fully saturated rings. The number of nitrogens with zero attached hydrogens (tertiary/aromatic N) is 3. The highest BCUT2D eigenvalue weighted by atomic mass is 32.2. The van der Waals surface area contributed by atoms with E-state index in [4.69, 9.17) is 9.47 Å². The van der Waals surface area contributed by atoms with Crippen LogP contribution in [-0.4, -0.2) is 39.8 Å². The Labute approximate surface area is 179 Å². The molecule has 0 saturated carbocycles. The average molecular weight is 429 g/mol. The highest BCUT2D eigenvalue weighted by Gasteiger charge is 2.30. The summed E-state index contributed by atoms with van der Waals surface area (Å²) in [6.07, 6.45) is 0.747. The first-order valence-corrected chi connectivity index (χ1v) is 10.5. The van der Waals surface area contributed by atoms with Crippen LogP contribution in [0.3, 0.4) is 0 Å². The van der Waals surface area contributed by atoms with Gasteiger partial charge >= 0.3 is 5.24 Å². The summed E-state index contributed by atoms with van der Waals surface area (Å²) in [5, 5.41) is 16.7. The molecule has 0 spiro atoms. The normalized spacial score (nSPS) is 16.2. The number of hydrogen-bond donors (Lipinski definition) is 0. The van der Waals surface area contributed by atoms with Crippen molar-refractivity contribution in [2.45, 2.75) is 32.1 Å². The predicted molar refractivity (Wildman–Crippen MR) is 116 cm³/mol. The summed E-state index contributed by atoms with van der Waals surface area (Å²) in [6, 6.07) is 11.7. The Morgan fingerprint density at radius 1 is 1.17 bits per heavy atom. The lowest BCUT2D eigenvalue weighted by atomic mass is 10.0. The maximum atomic E-state index is 12.6. The summed E-state index contributed by atoms with van der Waals surface area (Å²) in [7, 11) is 1.59. The first-order valence-electron chi connectivity index (χ1n) is 9.58. The summed E-state index contributed by atoms with van der Waals surface area (Å²) in [5.74, 6) is 1.26. The van der Waals surface area contributed by atoms with Gasteiger partial charge in [-0.05, 0) is 37.1 Å². The monoisotopic (exact) mass is 429 g/mol. The molecule has 0 aliphatic carbocycles. The number of ether oxygens (including phenoxy) is 2. The number of methoxy groups -OCH3 is 1. The SMILES string of the molecule is CCOc1cc(C2=NN(Cc3ccc([N+](=O)[O-])cc3)C(=O)SC2CC)ccc1OC. The van der Waals surface area contributed by atoms with Crippen LogP contribution >= 0.6 is 11.8 Å². The second kappa shape index (κ2) is 9.62. The van der Waals surface area contributed by atoms with Crippen LogP contribution in [-0.2, 0) is 6.54 Å². The molecule has 1 heterocycles. The fourth-order valence-corrected chi connectivity index (χ4v) is 4.03. The van der Waals surface area contributed by atoms with E-state index < -0.39 is 4.92 Å². The zero-order chi connectivity index (χ0) is 21.7.